The van der Waals surface area contributed by atoms with Crippen LogP contribution in [0.3, 0.4) is 0 Å². The van der Waals surface area contributed by atoms with Gasteiger partial charge in [0.05, 0.1) is 38.6 Å². The molecule has 1 aliphatic rings. The van der Waals surface area contributed by atoms with Crippen LogP contribution in [-0.4, -0.2) is 55.7 Å². The fraction of sp³-hybridized carbons (Fsp3) is 0.241. The maximum absolute atomic E-state index is 13.5. The lowest BCUT2D eigenvalue weighted by Crippen LogP contribution is -2.29. The summed E-state index contributed by atoms with van der Waals surface area (Å²) in [6.07, 6.45) is 1.61. The van der Waals surface area contributed by atoms with Crippen LogP contribution >= 0.6 is 11.3 Å². The van der Waals surface area contributed by atoms with Gasteiger partial charge < -0.3 is 24.1 Å². The molecule has 1 N–H and O–H groups in total. The number of aryl methyl sites for hydroxylation is 2. The highest BCUT2D eigenvalue weighted by Crippen LogP contribution is 2.45. The Labute approximate surface area is 235 Å². The number of amides is 1. The van der Waals surface area contributed by atoms with E-state index < -0.39 is 23.7 Å². The predicted molar refractivity (Wildman–Crippen MR) is 149 cm³/mol. The molecule has 4 rings (SSSR count). The summed E-state index contributed by atoms with van der Waals surface area (Å²) in [4.78, 5) is 45.1. The van der Waals surface area contributed by atoms with Crippen LogP contribution in [0, 0.1) is 13.8 Å². The number of ether oxygens (including phenoxy) is 4. The second kappa shape index (κ2) is 11.6. The second-order valence-corrected chi connectivity index (χ2v) is 9.74. The summed E-state index contributed by atoms with van der Waals surface area (Å²) in [5.41, 5.74) is 1.67. The van der Waals surface area contributed by atoms with Crippen LogP contribution in [0.25, 0.3) is 5.76 Å². The lowest BCUT2D eigenvalue weighted by molar-refractivity contribution is -0.132. The third kappa shape index (κ3) is 5.03. The average molecular weight is 565 g/mol. The van der Waals surface area contributed by atoms with E-state index >= 15 is 0 Å². The van der Waals surface area contributed by atoms with E-state index in [0.29, 0.717) is 46.2 Å². The van der Waals surface area contributed by atoms with Gasteiger partial charge >= 0.3 is 11.9 Å². The molecular weight excluding hydrogens is 536 g/mol. The Morgan fingerprint density at radius 1 is 1.07 bits per heavy atom. The van der Waals surface area contributed by atoms with Gasteiger partial charge in [-0.25, -0.2) is 9.78 Å². The fourth-order valence-corrected chi connectivity index (χ4v) is 5.41. The molecule has 208 valence electrons. The first kappa shape index (κ1) is 28.4. The minimum absolute atomic E-state index is 0.100. The zero-order chi connectivity index (χ0) is 29.1. The first-order valence-electron chi connectivity index (χ1n) is 12.1. The number of hydrogen-bond donors (Lipinski definition) is 1. The van der Waals surface area contributed by atoms with E-state index in [2.05, 4.69) is 11.6 Å². The van der Waals surface area contributed by atoms with E-state index in [1.165, 1.54) is 26.2 Å². The number of Topliss-reactive ketones (excluding diaryl/α,β-unsaturated/α-hetero) is 1. The number of hydrogen-bond acceptors (Lipinski definition) is 10. The number of aliphatic hydroxyl groups excluding tert-OH is 1. The summed E-state index contributed by atoms with van der Waals surface area (Å²) in [6, 6.07) is 8.76. The van der Waals surface area contributed by atoms with E-state index in [4.69, 9.17) is 18.9 Å². The fourth-order valence-electron chi connectivity index (χ4n) is 4.40. The molecule has 1 unspecified atom stereocenters. The van der Waals surface area contributed by atoms with Gasteiger partial charge in [0.15, 0.2) is 16.6 Å². The third-order valence-corrected chi connectivity index (χ3v) is 7.47. The van der Waals surface area contributed by atoms with E-state index in [1.807, 2.05) is 0 Å². The number of rotatable bonds is 9. The Bertz CT molecular complexity index is 1540. The van der Waals surface area contributed by atoms with Crippen LogP contribution in [0.15, 0.2) is 54.6 Å². The first-order chi connectivity index (χ1) is 19.2. The van der Waals surface area contributed by atoms with Gasteiger partial charge in [-0.05, 0) is 55.3 Å². The maximum Gasteiger partial charge on any atom is 0.350 e. The quantitative estimate of drug-likeness (QED) is 0.129. The topological polar surface area (TPSA) is 124 Å². The van der Waals surface area contributed by atoms with Crippen LogP contribution in [0.1, 0.15) is 38.1 Å². The molecule has 0 spiro atoms. The Kier molecular flexibility index (Phi) is 8.24. The van der Waals surface area contributed by atoms with Crippen molar-refractivity contribution in [2.24, 2.45) is 0 Å². The highest BCUT2D eigenvalue weighted by Gasteiger charge is 2.48. The van der Waals surface area contributed by atoms with Crippen LogP contribution in [0.2, 0.25) is 0 Å². The van der Waals surface area contributed by atoms with Crippen LogP contribution in [0.5, 0.6) is 17.2 Å². The molecule has 10 nitrogen and oxygen atoms in total. The molecule has 0 aliphatic carbocycles. The van der Waals surface area contributed by atoms with Gasteiger partial charge in [0.25, 0.3) is 5.78 Å². The Hall–Kier alpha value is -4.64. The van der Waals surface area contributed by atoms with Crippen molar-refractivity contribution >= 4 is 39.9 Å². The standard InChI is InChI=1S/C29H28N2O8S/c1-7-12-39-19-10-9-18(13-15(19)2)24(32)22-23(17-8-11-20(36-4)21(14-17)37-5)31(27(34)25(22)33)29-30-16(3)26(40-29)28(35)38-6/h7-11,13-14,23,32H,1,12H2,2-6H3/b24-22+. The summed E-state index contributed by atoms with van der Waals surface area (Å²) in [5, 5.41) is 11.6. The van der Waals surface area contributed by atoms with E-state index in [1.54, 1.807) is 56.3 Å². The van der Waals surface area contributed by atoms with E-state index in [0.717, 1.165) is 11.3 Å². The van der Waals surface area contributed by atoms with Crippen molar-refractivity contribution in [1.29, 1.82) is 0 Å². The number of aliphatic hydroxyl groups is 1. The first-order valence-corrected chi connectivity index (χ1v) is 12.9. The summed E-state index contributed by atoms with van der Waals surface area (Å²) < 4.78 is 21.3. The Morgan fingerprint density at radius 2 is 1.77 bits per heavy atom. The molecule has 1 saturated heterocycles. The van der Waals surface area contributed by atoms with E-state index in [-0.39, 0.29) is 21.3 Å². The highest BCUT2D eigenvalue weighted by molar-refractivity contribution is 7.17. The van der Waals surface area contributed by atoms with Gasteiger partial charge in [0.2, 0.25) is 0 Å². The monoisotopic (exact) mass is 564 g/mol. The number of aromatic nitrogens is 1. The molecule has 3 aromatic rings. The molecule has 0 saturated carbocycles. The predicted octanol–water partition coefficient (Wildman–Crippen LogP) is 4.75. The lowest BCUT2D eigenvalue weighted by atomic mass is 9.94. The van der Waals surface area contributed by atoms with Crippen molar-refractivity contribution in [3.8, 4) is 17.2 Å². The third-order valence-electron chi connectivity index (χ3n) is 6.33. The Morgan fingerprint density at radius 3 is 2.40 bits per heavy atom. The van der Waals surface area contributed by atoms with Crippen LogP contribution in [0.4, 0.5) is 5.13 Å². The number of thiazole rings is 1. The molecule has 2 heterocycles. The van der Waals surface area contributed by atoms with Gasteiger partial charge in [-0.1, -0.05) is 30.1 Å². The number of esters is 1. The molecule has 40 heavy (non-hydrogen) atoms. The van der Waals surface area contributed by atoms with Crippen molar-refractivity contribution in [3.05, 3.63) is 81.9 Å². The van der Waals surface area contributed by atoms with Crippen molar-refractivity contribution in [3.63, 3.8) is 0 Å². The zero-order valence-corrected chi connectivity index (χ0v) is 23.5. The van der Waals surface area contributed by atoms with Crippen LogP contribution < -0.4 is 19.1 Å². The molecule has 1 amide bonds. The number of carbonyl (C=O) groups excluding carboxylic acids is 3. The lowest BCUT2D eigenvalue weighted by Gasteiger charge is -2.24. The van der Waals surface area contributed by atoms with Crippen molar-refractivity contribution in [1.82, 2.24) is 4.98 Å². The SMILES string of the molecule is C=CCOc1ccc(/C(O)=C2\C(=O)C(=O)N(c3nc(C)c(C(=O)OC)s3)C2c2ccc(OC)c(OC)c2)cc1C. The van der Waals surface area contributed by atoms with Gasteiger partial charge in [0, 0.05) is 5.56 Å². The minimum Gasteiger partial charge on any atom is -0.507 e. The van der Waals surface area contributed by atoms with Crippen molar-refractivity contribution in [2.45, 2.75) is 19.9 Å². The molecule has 2 aromatic carbocycles. The summed E-state index contributed by atoms with van der Waals surface area (Å²) in [5.74, 6) is -1.43. The second-order valence-electron chi connectivity index (χ2n) is 8.77. The molecule has 0 bridgehead atoms. The maximum atomic E-state index is 13.5. The molecule has 1 atom stereocenters. The number of anilines is 1. The summed E-state index contributed by atoms with van der Waals surface area (Å²) in [7, 11) is 4.19. The molecule has 11 heteroatoms. The minimum atomic E-state index is -1.09. The molecular formula is C29H28N2O8S. The number of ketones is 1. The van der Waals surface area contributed by atoms with Crippen LogP contribution in [-0.2, 0) is 14.3 Å². The molecule has 1 fully saturated rings. The number of methoxy groups -OCH3 is 3. The summed E-state index contributed by atoms with van der Waals surface area (Å²) in [6.45, 7) is 7.34. The zero-order valence-electron chi connectivity index (χ0n) is 22.6. The van der Waals surface area contributed by atoms with Gasteiger partial charge in [0.1, 0.15) is 23.0 Å². The average Bonchev–Trinajstić information content (AvgIpc) is 3.47. The smallest absolute Gasteiger partial charge is 0.350 e. The van der Waals surface area contributed by atoms with Gasteiger partial charge in [-0.2, -0.15) is 0 Å². The molecule has 1 aromatic heterocycles. The largest absolute Gasteiger partial charge is 0.507 e. The highest BCUT2D eigenvalue weighted by atomic mass is 32.1. The number of benzene rings is 2. The van der Waals surface area contributed by atoms with Gasteiger partial charge in [-0.3, -0.25) is 14.5 Å². The van der Waals surface area contributed by atoms with Gasteiger partial charge in [-0.15, -0.1) is 0 Å². The molecule has 0 radical (unpaired) electrons. The van der Waals surface area contributed by atoms with E-state index in [9.17, 15) is 19.5 Å². The van der Waals surface area contributed by atoms with Crippen molar-refractivity contribution in [2.75, 3.05) is 32.8 Å². The number of nitrogens with zero attached hydrogens (tertiary/aromatic N) is 2. The normalized spacial score (nSPS) is 16.1. The Balaban J connectivity index is 1.93. The number of carbonyl (C=O) groups is 3. The molecule has 1 aliphatic heterocycles. The van der Waals surface area contributed by atoms with Crippen molar-refractivity contribution < 1.29 is 38.4 Å². The summed E-state index contributed by atoms with van der Waals surface area (Å²) >= 11 is 0.915.